The number of unbranched alkanes of at least 4 members (excludes halogenated alkanes) is 6. The molecule has 0 fully saturated rings. The van der Waals surface area contributed by atoms with E-state index in [0.717, 1.165) is 77.0 Å². The highest BCUT2D eigenvalue weighted by Crippen LogP contribution is 1.97. The number of rotatable bonds is 12. The van der Waals surface area contributed by atoms with Crippen LogP contribution in [0.1, 0.15) is 119 Å². The lowest BCUT2D eigenvalue weighted by Gasteiger charge is -1.93. The van der Waals surface area contributed by atoms with Gasteiger partial charge in [0.25, 0.3) is 0 Å². The van der Waals surface area contributed by atoms with Crippen molar-refractivity contribution in [3.05, 3.63) is 0 Å². The SMILES string of the molecule is CCCCO.CCCCO.CCCCO.CCCCO.CCCCO.CCCCO.Nc1nc(N)nc(N)n1. The zero-order valence-corrected chi connectivity index (χ0v) is 26.0. The summed E-state index contributed by atoms with van der Waals surface area (Å²) < 4.78 is 0. The van der Waals surface area contributed by atoms with Crippen LogP contribution in [0.4, 0.5) is 17.8 Å². The Kier molecular flexibility index (Phi) is 72.4. The van der Waals surface area contributed by atoms with Crippen molar-refractivity contribution >= 4 is 17.8 Å². The minimum absolute atomic E-state index is 0.0417. The summed E-state index contributed by atoms with van der Waals surface area (Å²) in [6.07, 6.45) is 12.2. The van der Waals surface area contributed by atoms with Crippen molar-refractivity contribution in [2.75, 3.05) is 56.8 Å². The first kappa shape index (κ1) is 50.1. The number of hydrogen-bond acceptors (Lipinski definition) is 12. The molecule has 1 aromatic heterocycles. The Morgan fingerprint density at radius 2 is 0.487 bits per heavy atom. The molecule has 39 heavy (non-hydrogen) atoms. The van der Waals surface area contributed by atoms with Crippen molar-refractivity contribution in [3.8, 4) is 0 Å². The molecule has 0 atom stereocenters. The van der Waals surface area contributed by atoms with E-state index in [1.807, 2.05) is 0 Å². The lowest BCUT2D eigenvalue weighted by Crippen LogP contribution is -2.05. The second-order valence-electron chi connectivity index (χ2n) is 7.87. The maximum Gasteiger partial charge on any atom is 0.226 e. The van der Waals surface area contributed by atoms with Crippen LogP contribution in [0.2, 0.25) is 0 Å². The first-order chi connectivity index (χ1) is 18.7. The van der Waals surface area contributed by atoms with Crippen LogP contribution < -0.4 is 17.2 Å². The monoisotopic (exact) mass is 571 g/mol. The number of nitrogens with zero attached hydrogens (tertiary/aromatic N) is 3. The molecule has 0 unspecified atom stereocenters. The zero-order valence-electron chi connectivity index (χ0n) is 26.0. The van der Waals surface area contributed by atoms with Gasteiger partial charge in [-0.3, -0.25) is 0 Å². The van der Waals surface area contributed by atoms with Crippen LogP contribution in [0.15, 0.2) is 0 Å². The van der Waals surface area contributed by atoms with Gasteiger partial charge in [-0.25, -0.2) is 0 Å². The topological polar surface area (TPSA) is 238 Å². The highest BCUT2D eigenvalue weighted by atomic mass is 16.3. The van der Waals surface area contributed by atoms with Gasteiger partial charge in [-0.05, 0) is 38.5 Å². The molecule has 0 saturated carbocycles. The van der Waals surface area contributed by atoms with Crippen molar-refractivity contribution in [1.29, 1.82) is 0 Å². The molecule has 12 heteroatoms. The Morgan fingerprint density at radius 3 is 0.538 bits per heavy atom. The van der Waals surface area contributed by atoms with Crippen LogP contribution in [0.3, 0.4) is 0 Å². The van der Waals surface area contributed by atoms with Gasteiger partial charge < -0.3 is 47.8 Å². The van der Waals surface area contributed by atoms with E-state index in [4.69, 9.17) is 47.8 Å². The first-order valence-electron chi connectivity index (χ1n) is 14.3. The van der Waals surface area contributed by atoms with Gasteiger partial charge in [0, 0.05) is 39.6 Å². The Balaban J connectivity index is -0.0000000830. The van der Waals surface area contributed by atoms with Crippen molar-refractivity contribution in [3.63, 3.8) is 0 Å². The van der Waals surface area contributed by atoms with Crippen LogP contribution in [0.25, 0.3) is 0 Å². The zero-order chi connectivity index (χ0) is 31.6. The molecule has 0 saturated heterocycles. The van der Waals surface area contributed by atoms with E-state index in [-0.39, 0.29) is 17.8 Å². The third kappa shape index (κ3) is 85.9. The molecule has 12 nitrogen and oxygen atoms in total. The summed E-state index contributed by atoms with van der Waals surface area (Å²) in [6.45, 7) is 14.4. The Morgan fingerprint density at radius 1 is 0.359 bits per heavy atom. The molecular weight excluding hydrogens is 504 g/mol. The molecule has 0 radical (unpaired) electrons. The van der Waals surface area contributed by atoms with E-state index in [2.05, 4.69) is 56.5 Å². The minimum Gasteiger partial charge on any atom is -0.396 e. The molecule has 12 N–H and O–H groups in total. The number of nitrogens with two attached hydrogens (primary N) is 3. The molecule has 0 aliphatic carbocycles. The summed E-state index contributed by atoms with van der Waals surface area (Å²) in [5.74, 6) is 0.125. The first-order valence-corrected chi connectivity index (χ1v) is 14.3. The number of aliphatic hydroxyl groups excluding tert-OH is 6. The van der Waals surface area contributed by atoms with Crippen molar-refractivity contribution in [2.45, 2.75) is 119 Å². The van der Waals surface area contributed by atoms with E-state index >= 15 is 0 Å². The average molecular weight is 571 g/mol. The summed E-state index contributed by atoms with van der Waals surface area (Å²) in [7, 11) is 0. The number of hydrogen-bond donors (Lipinski definition) is 9. The molecule has 0 spiro atoms. The quantitative estimate of drug-likeness (QED) is 0.176. The van der Waals surface area contributed by atoms with Crippen LogP contribution in [-0.2, 0) is 0 Å². The molecule has 1 heterocycles. The van der Waals surface area contributed by atoms with Crippen LogP contribution in [-0.4, -0.2) is 85.2 Å². The summed E-state index contributed by atoms with van der Waals surface area (Å²) in [4.78, 5) is 10.5. The largest absolute Gasteiger partial charge is 0.396 e. The van der Waals surface area contributed by atoms with Crippen molar-refractivity contribution < 1.29 is 30.6 Å². The van der Waals surface area contributed by atoms with E-state index in [0.29, 0.717) is 39.6 Å². The van der Waals surface area contributed by atoms with Gasteiger partial charge >= 0.3 is 0 Å². The van der Waals surface area contributed by atoms with Crippen molar-refractivity contribution in [1.82, 2.24) is 15.0 Å². The van der Waals surface area contributed by atoms with Crippen LogP contribution in [0, 0.1) is 0 Å². The Hall–Kier alpha value is -1.83. The second-order valence-corrected chi connectivity index (χ2v) is 7.87. The van der Waals surface area contributed by atoms with Gasteiger partial charge in [-0.15, -0.1) is 0 Å². The fourth-order valence-corrected chi connectivity index (χ4v) is 1.38. The third-order valence-electron chi connectivity index (χ3n) is 3.76. The molecule has 0 amide bonds. The van der Waals surface area contributed by atoms with Gasteiger partial charge in [0.15, 0.2) is 0 Å². The van der Waals surface area contributed by atoms with Gasteiger partial charge in [0.2, 0.25) is 17.8 Å². The van der Waals surface area contributed by atoms with Crippen LogP contribution in [0.5, 0.6) is 0 Å². The van der Waals surface area contributed by atoms with E-state index in [9.17, 15) is 0 Å². The standard InChI is InChI=1S/6C4H10O.C3H6N6/c6*1-2-3-4-5;4-1-7-2(5)9-3(6)8-1/h6*5H,2-4H2,1H3;(H6,4,5,6,7,8,9). The van der Waals surface area contributed by atoms with Crippen molar-refractivity contribution in [2.24, 2.45) is 0 Å². The van der Waals surface area contributed by atoms with Gasteiger partial charge in [-0.2, -0.15) is 15.0 Å². The Labute approximate surface area is 239 Å². The lowest BCUT2D eigenvalue weighted by atomic mass is 10.4. The van der Waals surface area contributed by atoms with Crippen LogP contribution >= 0.6 is 0 Å². The molecule has 1 aromatic rings. The average Bonchev–Trinajstić information content (AvgIpc) is 2.88. The Bertz CT molecular complexity index is 383. The van der Waals surface area contributed by atoms with Gasteiger partial charge in [0.1, 0.15) is 0 Å². The number of aliphatic hydroxyl groups is 6. The highest BCUT2D eigenvalue weighted by molar-refractivity contribution is 5.33. The maximum atomic E-state index is 8.07. The summed E-state index contributed by atoms with van der Waals surface area (Å²) in [6, 6.07) is 0. The number of anilines is 3. The highest BCUT2D eigenvalue weighted by Gasteiger charge is 1.93. The second kappa shape index (κ2) is 56.4. The molecule has 240 valence electrons. The number of nitrogen functional groups attached to an aromatic ring is 3. The molecule has 0 aliphatic rings. The molecule has 0 aliphatic heterocycles. The summed E-state index contributed by atoms with van der Waals surface area (Å²) in [5.41, 5.74) is 15.4. The smallest absolute Gasteiger partial charge is 0.226 e. The fourth-order valence-electron chi connectivity index (χ4n) is 1.38. The molecule has 0 bridgehead atoms. The normalized spacial score (nSPS) is 8.62. The molecule has 1 rings (SSSR count). The predicted molar refractivity (Wildman–Crippen MR) is 165 cm³/mol. The summed E-state index contributed by atoms with van der Waals surface area (Å²) in [5, 5.41) is 48.4. The molecular formula is C27H66N6O6. The van der Waals surface area contributed by atoms with Gasteiger partial charge in [-0.1, -0.05) is 80.1 Å². The van der Waals surface area contributed by atoms with E-state index in [1.54, 1.807) is 0 Å². The van der Waals surface area contributed by atoms with E-state index in [1.165, 1.54) is 0 Å². The predicted octanol–water partition coefficient (Wildman–Crippen LogP) is 3.29. The maximum absolute atomic E-state index is 8.07. The van der Waals surface area contributed by atoms with E-state index < -0.39 is 0 Å². The lowest BCUT2D eigenvalue weighted by molar-refractivity contribution is 0.286. The minimum atomic E-state index is 0.0417. The number of aromatic nitrogens is 3. The summed E-state index contributed by atoms with van der Waals surface area (Å²) >= 11 is 0. The third-order valence-corrected chi connectivity index (χ3v) is 3.76. The fraction of sp³-hybridized carbons (Fsp3) is 0.889. The molecule has 0 aromatic carbocycles. The van der Waals surface area contributed by atoms with Gasteiger partial charge in [0.05, 0.1) is 0 Å².